The first kappa shape index (κ1) is 12.8. The lowest BCUT2D eigenvalue weighted by Crippen LogP contribution is -2.46. The first-order valence-electron chi connectivity index (χ1n) is 6.43. The van der Waals surface area contributed by atoms with Crippen molar-refractivity contribution < 1.29 is 9.26 Å². The van der Waals surface area contributed by atoms with Crippen LogP contribution in [0.2, 0.25) is 0 Å². The molecule has 2 atom stereocenters. The molecule has 5 nitrogen and oxygen atoms in total. The number of morpholine rings is 1. The third-order valence-electron chi connectivity index (χ3n) is 3.32. The normalized spacial score (nSPS) is 24.7. The smallest absolute Gasteiger partial charge is 0.241 e. The van der Waals surface area contributed by atoms with Gasteiger partial charge >= 0.3 is 0 Å². The van der Waals surface area contributed by atoms with E-state index in [-0.39, 0.29) is 6.10 Å². The highest BCUT2D eigenvalue weighted by molar-refractivity contribution is 7.08. The third kappa shape index (κ3) is 2.86. The first-order chi connectivity index (χ1) is 9.22. The van der Waals surface area contributed by atoms with E-state index in [9.17, 15) is 0 Å². The molecule has 0 spiro atoms. The summed E-state index contributed by atoms with van der Waals surface area (Å²) in [5.41, 5.74) is 1.02. The van der Waals surface area contributed by atoms with E-state index in [1.54, 1.807) is 11.3 Å². The summed E-state index contributed by atoms with van der Waals surface area (Å²) in [7, 11) is 0. The monoisotopic (exact) mass is 279 g/mol. The fourth-order valence-corrected chi connectivity index (χ4v) is 2.83. The van der Waals surface area contributed by atoms with Crippen molar-refractivity contribution in [2.75, 3.05) is 13.2 Å². The van der Waals surface area contributed by atoms with Gasteiger partial charge in [0, 0.05) is 23.5 Å². The molecule has 0 N–H and O–H groups in total. The molecular weight excluding hydrogens is 262 g/mol. The lowest BCUT2D eigenvalue weighted by atomic mass is 10.2. The standard InChI is InChI=1S/C13H17N3O2S/c1-9-7-17-10(2)5-16(9)6-12-14-13(15-18-12)11-3-4-19-8-11/h3-4,8-10H,5-7H2,1-2H3/t9-,10-/m1/s1. The number of hydrogen-bond donors (Lipinski definition) is 0. The van der Waals surface area contributed by atoms with Gasteiger partial charge in [0.2, 0.25) is 11.7 Å². The summed E-state index contributed by atoms with van der Waals surface area (Å²) in [6, 6.07) is 2.38. The number of ether oxygens (including phenoxy) is 1. The predicted octanol–water partition coefficient (Wildman–Crippen LogP) is 2.41. The minimum absolute atomic E-state index is 0.260. The zero-order valence-electron chi connectivity index (χ0n) is 11.1. The highest BCUT2D eigenvalue weighted by Gasteiger charge is 2.25. The second-order valence-corrected chi connectivity index (χ2v) is 5.73. The summed E-state index contributed by atoms with van der Waals surface area (Å²) in [4.78, 5) is 6.77. The molecule has 6 heteroatoms. The molecule has 19 heavy (non-hydrogen) atoms. The Labute approximate surface area is 116 Å². The molecule has 102 valence electrons. The number of rotatable bonds is 3. The number of nitrogens with zero attached hydrogens (tertiary/aromatic N) is 3. The summed E-state index contributed by atoms with van der Waals surface area (Å²) in [6.07, 6.45) is 0.260. The Morgan fingerprint density at radius 1 is 1.47 bits per heavy atom. The van der Waals surface area contributed by atoms with Crippen molar-refractivity contribution in [1.29, 1.82) is 0 Å². The van der Waals surface area contributed by atoms with Gasteiger partial charge in [-0.2, -0.15) is 16.3 Å². The molecule has 1 saturated heterocycles. The van der Waals surface area contributed by atoms with Gasteiger partial charge in [0.15, 0.2) is 0 Å². The van der Waals surface area contributed by atoms with Crippen molar-refractivity contribution in [2.45, 2.75) is 32.5 Å². The van der Waals surface area contributed by atoms with Crippen LogP contribution in [0.4, 0.5) is 0 Å². The van der Waals surface area contributed by atoms with Crippen LogP contribution in [0.3, 0.4) is 0 Å². The van der Waals surface area contributed by atoms with Gasteiger partial charge in [0.25, 0.3) is 0 Å². The second-order valence-electron chi connectivity index (χ2n) is 4.95. The van der Waals surface area contributed by atoms with Crippen LogP contribution in [-0.4, -0.2) is 40.3 Å². The van der Waals surface area contributed by atoms with Crippen LogP contribution in [0.15, 0.2) is 21.3 Å². The summed E-state index contributed by atoms with van der Waals surface area (Å²) < 4.78 is 11.0. The maximum Gasteiger partial charge on any atom is 0.241 e. The second kappa shape index (κ2) is 5.40. The molecule has 0 amide bonds. The van der Waals surface area contributed by atoms with Crippen LogP contribution in [0.25, 0.3) is 11.4 Å². The zero-order chi connectivity index (χ0) is 13.2. The molecule has 3 heterocycles. The van der Waals surface area contributed by atoms with E-state index in [0.29, 0.717) is 24.3 Å². The van der Waals surface area contributed by atoms with E-state index >= 15 is 0 Å². The lowest BCUT2D eigenvalue weighted by Gasteiger charge is -2.35. The number of aromatic nitrogens is 2. The fraction of sp³-hybridized carbons (Fsp3) is 0.538. The van der Waals surface area contributed by atoms with Crippen molar-refractivity contribution in [3.05, 3.63) is 22.7 Å². The maximum atomic E-state index is 5.62. The minimum Gasteiger partial charge on any atom is -0.376 e. The molecule has 2 aromatic heterocycles. The zero-order valence-corrected chi connectivity index (χ0v) is 11.9. The first-order valence-corrected chi connectivity index (χ1v) is 7.37. The fourth-order valence-electron chi connectivity index (χ4n) is 2.19. The molecule has 0 radical (unpaired) electrons. The van der Waals surface area contributed by atoms with Gasteiger partial charge in [0.05, 0.1) is 19.3 Å². The predicted molar refractivity (Wildman–Crippen MR) is 72.9 cm³/mol. The maximum absolute atomic E-state index is 5.62. The molecular formula is C13H17N3O2S. The van der Waals surface area contributed by atoms with Crippen molar-refractivity contribution >= 4 is 11.3 Å². The molecule has 0 bridgehead atoms. The SMILES string of the molecule is C[C@@H]1CN(Cc2nc(-c3ccsc3)no2)[C@H](C)CO1. The number of thiophene rings is 1. The highest BCUT2D eigenvalue weighted by atomic mass is 32.1. The molecule has 0 aromatic carbocycles. The summed E-state index contributed by atoms with van der Waals surface area (Å²) in [5.74, 6) is 1.34. The van der Waals surface area contributed by atoms with Crippen LogP contribution < -0.4 is 0 Å². The Balaban J connectivity index is 1.70. The molecule has 0 aliphatic carbocycles. The molecule has 1 aliphatic rings. The molecule has 0 unspecified atom stereocenters. The Bertz CT molecular complexity index is 526. The van der Waals surface area contributed by atoms with E-state index in [1.807, 2.05) is 16.8 Å². The van der Waals surface area contributed by atoms with E-state index < -0.39 is 0 Å². The van der Waals surface area contributed by atoms with Crippen molar-refractivity contribution in [3.8, 4) is 11.4 Å². The van der Waals surface area contributed by atoms with Gasteiger partial charge in [-0.3, -0.25) is 4.90 Å². The van der Waals surface area contributed by atoms with E-state index in [1.165, 1.54) is 0 Å². The lowest BCUT2D eigenvalue weighted by molar-refractivity contribution is -0.0555. The number of hydrogen-bond acceptors (Lipinski definition) is 6. The van der Waals surface area contributed by atoms with Gasteiger partial charge in [-0.1, -0.05) is 5.16 Å². The molecule has 1 aliphatic heterocycles. The van der Waals surface area contributed by atoms with E-state index in [4.69, 9.17) is 9.26 Å². The Kier molecular flexibility index (Phi) is 3.63. The van der Waals surface area contributed by atoms with Gasteiger partial charge in [0.1, 0.15) is 0 Å². The van der Waals surface area contributed by atoms with Gasteiger partial charge < -0.3 is 9.26 Å². The van der Waals surface area contributed by atoms with Gasteiger partial charge in [-0.05, 0) is 25.3 Å². The topological polar surface area (TPSA) is 51.4 Å². The molecule has 0 saturated carbocycles. The van der Waals surface area contributed by atoms with Gasteiger partial charge in [-0.15, -0.1) is 0 Å². The Hall–Kier alpha value is -1.24. The van der Waals surface area contributed by atoms with E-state index in [2.05, 4.69) is 28.9 Å². The van der Waals surface area contributed by atoms with Crippen LogP contribution in [0.1, 0.15) is 19.7 Å². The molecule has 3 rings (SSSR count). The highest BCUT2D eigenvalue weighted by Crippen LogP contribution is 2.20. The summed E-state index contributed by atoms with van der Waals surface area (Å²) >= 11 is 1.63. The van der Waals surface area contributed by atoms with E-state index in [0.717, 1.165) is 18.7 Å². The molecule has 1 fully saturated rings. The summed E-state index contributed by atoms with van der Waals surface area (Å²) in [5, 5.41) is 8.06. The van der Waals surface area contributed by atoms with Crippen molar-refractivity contribution in [2.24, 2.45) is 0 Å². The van der Waals surface area contributed by atoms with Crippen LogP contribution in [0.5, 0.6) is 0 Å². The van der Waals surface area contributed by atoms with Crippen molar-refractivity contribution in [3.63, 3.8) is 0 Å². The minimum atomic E-state index is 0.260. The summed E-state index contributed by atoms with van der Waals surface area (Å²) in [6.45, 7) is 6.58. The average molecular weight is 279 g/mol. The largest absolute Gasteiger partial charge is 0.376 e. The van der Waals surface area contributed by atoms with Gasteiger partial charge in [-0.25, -0.2) is 0 Å². The Morgan fingerprint density at radius 2 is 2.37 bits per heavy atom. The van der Waals surface area contributed by atoms with Crippen LogP contribution in [0, 0.1) is 0 Å². The molecule has 2 aromatic rings. The van der Waals surface area contributed by atoms with Crippen LogP contribution in [-0.2, 0) is 11.3 Å². The average Bonchev–Trinajstić information content (AvgIpc) is 3.04. The van der Waals surface area contributed by atoms with Crippen molar-refractivity contribution in [1.82, 2.24) is 15.0 Å². The third-order valence-corrected chi connectivity index (χ3v) is 4.01. The Morgan fingerprint density at radius 3 is 3.16 bits per heavy atom. The van der Waals surface area contributed by atoms with Crippen LogP contribution >= 0.6 is 11.3 Å². The quantitative estimate of drug-likeness (QED) is 0.863.